The molecule has 0 fully saturated rings. The van der Waals surface area contributed by atoms with Gasteiger partial charge in [0, 0.05) is 19.7 Å². The lowest BCUT2D eigenvalue weighted by molar-refractivity contribution is -0.384. The molecule has 1 rings (SSSR count). The van der Waals surface area contributed by atoms with E-state index in [0.717, 1.165) is 12.8 Å². The van der Waals surface area contributed by atoms with Crippen LogP contribution in [0.15, 0.2) is 12.1 Å². The summed E-state index contributed by atoms with van der Waals surface area (Å²) in [6.45, 7) is 5.08. The Hall–Kier alpha value is -1.85. The molecule has 1 aromatic rings. The molecule has 19 heavy (non-hydrogen) atoms. The summed E-state index contributed by atoms with van der Waals surface area (Å²) < 4.78 is 0. The van der Waals surface area contributed by atoms with Crippen LogP contribution in [0.3, 0.4) is 0 Å². The highest BCUT2D eigenvalue weighted by Crippen LogP contribution is 2.23. The van der Waals surface area contributed by atoms with E-state index < -0.39 is 4.92 Å². The normalized spacial score (nSPS) is 10.5. The Balaban J connectivity index is 2.57. The highest BCUT2D eigenvalue weighted by molar-refractivity contribution is 5.60. The van der Waals surface area contributed by atoms with E-state index in [1.165, 1.54) is 12.5 Å². The van der Waals surface area contributed by atoms with Crippen LogP contribution in [-0.2, 0) is 0 Å². The van der Waals surface area contributed by atoms with Crippen LogP contribution in [0.1, 0.15) is 33.1 Å². The quantitative estimate of drug-likeness (QED) is 0.429. The second-order valence-electron chi connectivity index (χ2n) is 4.89. The van der Waals surface area contributed by atoms with Crippen molar-refractivity contribution in [2.24, 2.45) is 5.92 Å². The molecule has 0 unspecified atom stereocenters. The van der Waals surface area contributed by atoms with E-state index in [4.69, 9.17) is 0 Å². The van der Waals surface area contributed by atoms with Crippen LogP contribution in [0.2, 0.25) is 0 Å². The van der Waals surface area contributed by atoms with E-state index in [1.807, 2.05) is 0 Å². The van der Waals surface area contributed by atoms with Gasteiger partial charge in [0.2, 0.25) is 5.82 Å². The van der Waals surface area contributed by atoms with Crippen molar-refractivity contribution in [1.82, 2.24) is 4.98 Å². The lowest BCUT2D eigenvalue weighted by Gasteiger charge is -2.08. The zero-order valence-corrected chi connectivity index (χ0v) is 11.8. The van der Waals surface area contributed by atoms with E-state index in [2.05, 4.69) is 29.5 Å². The standard InChI is InChI=1S/C13H22N4O2/c1-10(2)6-4-5-9-15-13-11(17(18)19)7-8-12(14-3)16-13/h7-8,10H,4-6,9H2,1-3H3,(H2,14,15,16). The van der Waals surface area contributed by atoms with Crippen molar-refractivity contribution in [3.8, 4) is 0 Å². The number of hydrogen-bond donors (Lipinski definition) is 2. The van der Waals surface area contributed by atoms with Gasteiger partial charge in [-0.15, -0.1) is 0 Å². The summed E-state index contributed by atoms with van der Waals surface area (Å²) in [6.07, 6.45) is 3.28. The van der Waals surface area contributed by atoms with Crippen LogP contribution in [-0.4, -0.2) is 23.5 Å². The van der Waals surface area contributed by atoms with E-state index in [9.17, 15) is 10.1 Å². The predicted octanol–water partition coefficient (Wildman–Crippen LogP) is 3.27. The number of nitrogens with zero attached hydrogens (tertiary/aromatic N) is 2. The Bertz CT molecular complexity index is 421. The zero-order valence-electron chi connectivity index (χ0n) is 11.8. The van der Waals surface area contributed by atoms with Gasteiger partial charge in [0.05, 0.1) is 4.92 Å². The number of unbranched alkanes of at least 4 members (excludes halogenated alkanes) is 1. The van der Waals surface area contributed by atoms with Crippen molar-refractivity contribution in [2.75, 3.05) is 24.2 Å². The van der Waals surface area contributed by atoms with E-state index in [1.54, 1.807) is 13.1 Å². The molecular formula is C13H22N4O2. The first-order valence-corrected chi connectivity index (χ1v) is 6.61. The molecule has 0 aliphatic rings. The molecule has 106 valence electrons. The maximum absolute atomic E-state index is 10.9. The number of pyridine rings is 1. The van der Waals surface area contributed by atoms with Crippen molar-refractivity contribution >= 4 is 17.3 Å². The van der Waals surface area contributed by atoms with Gasteiger partial charge < -0.3 is 10.6 Å². The first kappa shape index (κ1) is 15.2. The average molecular weight is 266 g/mol. The van der Waals surface area contributed by atoms with E-state index >= 15 is 0 Å². The van der Waals surface area contributed by atoms with Gasteiger partial charge in [-0.2, -0.15) is 0 Å². The van der Waals surface area contributed by atoms with Crippen LogP contribution >= 0.6 is 0 Å². The Kier molecular flexibility index (Phi) is 6.05. The molecule has 0 radical (unpaired) electrons. The summed E-state index contributed by atoms with van der Waals surface area (Å²) in [4.78, 5) is 14.7. The molecule has 2 N–H and O–H groups in total. The first-order chi connectivity index (χ1) is 9.04. The minimum Gasteiger partial charge on any atom is -0.373 e. The second-order valence-corrected chi connectivity index (χ2v) is 4.89. The van der Waals surface area contributed by atoms with Crippen molar-refractivity contribution in [3.05, 3.63) is 22.2 Å². The summed E-state index contributed by atoms with van der Waals surface area (Å²) in [5.74, 6) is 1.65. The maximum Gasteiger partial charge on any atom is 0.311 e. The van der Waals surface area contributed by atoms with Crippen LogP contribution in [0.4, 0.5) is 17.3 Å². The van der Waals surface area contributed by atoms with Crippen LogP contribution in [0.5, 0.6) is 0 Å². The average Bonchev–Trinajstić information content (AvgIpc) is 2.37. The fourth-order valence-corrected chi connectivity index (χ4v) is 1.75. The minimum absolute atomic E-state index is 0.0165. The molecule has 0 atom stereocenters. The third-order valence-corrected chi connectivity index (χ3v) is 2.83. The predicted molar refractivity (Wildman–Crippen MR) is 77.6 cm³/mol. The summed E-state index contributed by atoms with van der Waals surface area (Å²) >= 11 is 0. The highest BCUT2D eigenvalue weighted by atomic mass is 16.6. The van der Waals surface area contributed by atoms with Gasteiger partial charge >= 0.3 is 5.69 Å². The summed E-state index contributed by atoms with van der Waals surface area (Å²) in [5, 5.41) is 16.8. The van der Waals surface area contributed by atoms with Crippen LogP contribution in [0.25, 0.3) is 0 Å². The van der Waals surface area contributed by atoms with Crippen molar-refractivity contribution in [3.63, 3.8) is 0 Å². The Labute approximate surface area is 113 Å². The molecule has 0 aliphatic heterocycles. The Morgan fingerprint density at radius 1 is 1.37 bits per heavy atom. The molecule has 0 spiro atoms. The van der Waals surface area contributed by atoms with Gasteiger partial charge in [-0.05, 0) is 18.4 Å². The number of nitro groups is 1. The third-order valence-electron chi connectivity index (χ3n) is 2.83. The van der Waals surface area contributed by atoms with Gasteiger partial charge in [-0.1, -0.05) is 26.7 Å². The van der Waals surface area contributed by atoms with Crippen molar-refractivity contribution in [1.29, 1.82) is 0 Å². The number of aromatic nitrogens is 1. The molecular weight excluding hydrogens is 244 g/mol. The fraction of sp³-hybridized carbons (Fsp3) is 0.615. The summed E-state index contributed by atoms with van der Waals surface area (Å²) in [6, 6.07) is 3.07. The SMILES string of the molecule is CNc1ccc([N+](=O)[O-])c(NCCCCC(C)C)n1. The summed E-state index contributed by atoms with van der Waals surface area (Å²) in [7, 11) is 1.74. The molecule has 6 heteroatoms. The van der Waals surface area contributed by atoms with Gasteiger partial charge in [-0.3, -0.25) is 10.1 Å². The second kappa shape index (κ2) is 7.56. The molecule has 0 amide bonds. The minimum atomic E-state index is -0.414. The monoisotopic (exact) mass is 266 g/mol. The van der Waals surface area contributed by atoms with Crippen LogP contribution < -0.4 is 10.6 Å². The first-order valence-electron chi connectivity index (χ1n) is 6.61. The number of nitrogens with one attached hydrogen (secondary N) is 2. The molecule has 0 aromatic carbocycles. The fourth-order valence-electron chi connectivity index (χ4n) is 1.75. The largest absolute Gasteiger partial charge is 0.373 e. The number of rotatable bonds is 8. The number of anilines is 2. The van der Waals surface area contributed by atoms with Gasteiger partial charge in [-0.25, -0.2) is 4.98 Å². The molecule has 0 bridgehead atoms. The Morgan fingerprint density at radius 2 is 2.11 bits per heavy atom. The van der Waals surface area contributed by atoms with E-state index in [0.29, 0.717) is 24.1 Å². The molecule has 0 saturated heterocycles. The lowest BCUT2D eigenvalue weighted by atomic mass is 10.1. The van der Waals surface area contributed by atoms with Crippen LogP contribution in [0, 0.1) is 16.0 Å². The Morgan fingerprint density at radius 3 is 2.68 bits per heavy atom. The molecule has 1 heterocycles. The number of hydrogen-bond acceptors (Lipinski definition) is 5. The molecule has 0 aliphatic carbocycles. The van der Waals surface area contributed by atoms with Gasteiger partial charge in [0.1, 0.15) is 5.82 Å². The van der Waals surface area contributed by atoms with Gasteiger partial charge in [0.25, 0.3) is 0 Å². The highest BCUT2D eigenvalue weighted by Gasteiger charge is 2.15. The molecule has 6 nitrogen and oxygen atoms in total. The van der Waals surface area contributed by atoms with Crippen molar-refractivity contribution in [2.45, 2.75) is 33.1 Å². The van der Waals surface area contributed by atoms with Crippen molar-refractivity contribution < 1.29 is 4.92 Å². The third kappa shape index (κ3) is 5.11. The van der Waals surface area contributed by atoms with E-state index in [-0.39, 0.29) is 5.69 Å². The molecule has 1 aromatic heterocycles. The smallest absolute Gasteiger partial charge is 0.311 e. The lowest BCUT2D eigenvalue weighted by Crippen LogP contribution is -2.07. The summed E-state index contributed by atoms with van der Waals surface area (Å²) in [5.41, 5.74) is 0.0165. The maximum atomic E-state index is 10.9. The topological polar surface area (TPSA) is 80.1 Å². The van der Waals surface area contributed by atoms with Gasteiger partial charge in [0.15, 0.2) is 0 Å². The molecule has 0 saturated carbocycles. The zero-order chi connectivity index (χ0) is 14.3.